The molecule has 0 fully saturated rings. The van der Waals surface area contributed by atoms with Gasteiger partial charge in [0.15, 0.2) is 0 Å². The standard InChI is InChI=1S/C12H18N2O5S/c1-3-14(6-7-15)12(16)10-5-4-9(2)11(8-10)20(18,19)13-17/h4-5,8,13,15,17H,3,6-7H2,1-2H3. The van der Waals surface area contributed by atoms with Gasteiger partial charge in [-0.3, -0.25) is 4.79 Å². The maximum absolute atomic E-state index is 12.2. The normalized spacial score (nSPS) is 11.4. The number of carbonyl (C=O) groups is 1. The number of nitrogens with one attached hydrogen (secondary N) is 1. The zero-order valence-corrected chi connectivity index (χ0v) is 12.1. The van der Waals surface area contributed by atoms with E-state index in [1.165, 1.54) is 28.0 Å². The third-order valence-electron chi connectivity index (χ3n) is 2.88. The Kier molecular flexibility index (Phi) is 5.63. The van der Waals surface area contributed by atoms with E-state index in [4.69, 9.17) is 10.3 Å². The lowest BCUT2D eigenvalue weighted by molar-refractivity contribution is 0.0731. The van der Waals surface area contributed by atoms with Crippen molar-refractivity contribution in [2.24, 2.45) is 0 Å². The number of rotatable bonds is 6. The lowest BCUT2D eigenvalue weighted by Gasteiger charge is -2.20. The minimum absolute atomic E-state index is 0.161. The summed E-state index contributed by atoms with van der Waals surface area (Å²) in [6.45, 7) is 3.71. The first kappa shape index (κ1) is 16.6. The largest absolute Gasteiger partial charge is 0.395 e. The molecule has 7 nitrogen and oxygen atoms in total. The second-order valence-electron chi connectivity index (χ2n) is 4.18. The molecule has 0 saturated carbocycles. The number of aliphatic hydroxyl groups is 1. The molecular formula is C12H18N2O5S. The van der Waals surface area contributed by atoms with Crippen LogP contribution in [0.2, 0.25) is 0 Å². The molecule has 0 heterocycles. The van der Waals surface area contributed by atoms with Gasteiger partial charge in [-0.25, -0.2) is 8.42 Å². The van der Waals surface area contributed by atoms with Gasteiger partial charge in [0.1, 0.15) is 0 Å². The molecule has 0 spiro atoms. The number of aliphatic hydroxyl groups excluding tert-OH is 1. The predicted molar refractivity (Wildman–Crippen MR) is 72.0 cm³/mol. The highest BCUT2D eigenvalue weighted by Gasteiger charge is 2.20. The van der Waals surface area contributed by atoms with E-state index in [0.29, 0.717) is 12.1 Å². The fourth-order valence-corrected chi connectivity index (χ4v) is 2.65. The number of hydrogen-bond donors (Lipinski definition) is 3. The van der Waals surface area contributed by atoms with Crippen LogP contribution in [0.3, 0.4) is 0 Å². The topological polar surface area (TPSA) is 107 Å². The third-order valence-corrected chi connectivity index (χ3v) is 4.14. The fraction of sp³-hybridized carbons (Fsp3) is 0.417. The lowest BCUT2D eigenvalue weighted by atomic mass is 10.1. The number of amides is 1. The molecule has 0 aliphatic heterocycles. The van der Waals surface area contributed by atoms with Crippen LogP contribution in [0.15, 0.2) is 23.1 Å². The van der Waals surface area contributed by atoms with Crippen LogP contribution in [-0.2, 0) is 10.0 Å². The molecule has 0 unspecified atom stereocenters. The van der Waals surface area contributed by atoms with Gasteiger partial charge in [0.05, 0.1) is 11.5 Å². The first-order valence-electron chi connectivity index (χ1n) is 6.04. The SMILES string of the molecule is CCN(CCO)C(=O)c1ccc(C)c(S(=O)(=O)NO)c1. The maximum Gasteiger partial charge on any atom is 0.262 e. The van der Waals surface area contributed by atoms with Gasteiger partial charge in [0, 0.05) is 18.7 Å². The van der Waals surface area contributed by atoms with Crippen molar-refractivity contribution in [2.75, 3.05) is 19.7 Å². The highest BCUT2D eigenvalue weighted by Crippen LogP contribution is 2.18. The number of carbonyl (C=O) groups excluding carboxylic acids is 1. The van der Waals surface area contributed by atoms with Crippen molar-refractivity contribution in [2.45, 2.75) is 18.7 Å². The van der Waals surface area contributed by atoms with E-state index in [0.717, 1.165) is 0 Å². The Morgan fingerprint density at radius 2 is 2.05 bits per heavy atom. The van der Waals surface area contributed by atoms with Crippen LogP contribution in [0.4, 0.5) is 0 Å². The van der Waals surface area contributed by atoms with E-state index < -0.39 is 10.0 Å². The molecule has 1 aromatic carbocycles. The molecule has 0 saturated heterocycles. The van der Waals surface area contributed by atoms with E-state index >= 15 is 0 Å². The Morgan fingerprint density at radius 1 is 1.40 bits per heavy atom. The van der Waals surface area contributed by atoms with E-state index in [9.17, 15) is 13.2 Å². The molecule has 8 heteroatoms. The van der Waals surface area contributed by atoms with Gasteiger partial charge in [0.25, 0.3) is 15.9 Å². The summed E-state index contributed by atoms with van der Waals surface area (Å²) >= 11 is 0. The number of benzene rings is 1. The fourth-order valence-electron chi connectivity index (χ4n) is 1.78. The molecule has 0 aromatic heterocycles. The van der Waals surface area contributed by atoms with E-state index in [1.54, 1.807) is 13.8 Å². The van der Waals surface area contributed by atoms with Crippen LogP contribution in [-0.4, -0.2) is 49.2 Å². The molecule has 1 amide bonds. The van der Waals surface area contributed by atoms with E-state index in [-0.39, 0.29) is 29.5 Å². The molecular weight excluding hydrogens is 284 g/mol. The van der Waals surface area contributed by atoms with Gasteiger partial charge in [-0.2, -0.15) is 0 Å². The Hall–Kier alpha value is -1.48. The van der Waals surface area contributed by atoms with E-state index in [1.807, 2.05) is 0 Å². The van der Waals surface area contributed by atoms with Crippen LogP contribution >= 0.6 is 0 Å². The number of aryl methyl sites for hydroxylation is 1. The number of likely N-dealkylation sites (N-methyl/N-ethyl adjacent to an activating group) is 1. The van der Waals surface area contributed by atoms with Crippen LogP contribution in [0, 0.1) is 6.92 Å². The zero-order valence-electron chi connectivity index (χ0n) is 11.3. The summed E-state index contributed by atoms with van der Waals surface area (Å²) in [4.78, 5) is 14.7. The quantitative estimate of drug-likeness (QED) is 0.647. The highest BCUT2D eigenvalue weighted by atomic mass is 32.2. The van der Waals surface area contributed by atoms with Gasteiger partial charge in [-0.15, -0.1) is 0 Å². The monoisotopic (exact) mass is 302 g/mol. The van der Waals surface area contributed by atoms with Crippen molar-refractivity contribution in [3.05, 3.63) is 29.3 Å². The molecule has 0 aliphatic rings. The summed E-state index contributed by atoms with van der Waals surface area (Å²) in [5.41, 5.74) is 0.591. The molecule has 112 valence electrons. The Balaban J connectivity index is 3.22. The smallest absolute Gasteiger partial charge is 0.262 e. The van der Waals surface area contributed by atoms with Gasteiger partial charge < -0.3 is 15.2 Å². The Labute approximate surface area is 117 Å². The second-order valence-corrected chi connectivity index (χ2v) is 5.81. The Morgan fingerprint density at radius 3 is 2.55 bits per heavy atom. The number of hydrogen-bond acceptors (Lipinski definition) is 5. The third kappa shape index (κ3) is 3.54. The van der Waals surface area contributed by atoms with Crippen molar-refractivity contribution in [1.82, 2.24) is 9.79 Å². The van der Waals surface area contributed by atoms with Crippen molar-refractivity contribution in [1.29, 1.82) is 0 Å². The van der Waals surface area contributed by atoms with Crippen LogP contribution in [0.25, 0.3) is 0 Å². The summed E-state index contributed by atoms with van der Waals surface area (Å²) in [6, 6.07) is 4.20. The summed E-state index contributed by atoms with van der Waals surface area (Å²) < 4.78 is 23.3. The molecule has 0 radical (unpaired) electrons. The van der Waals surface area contributed by atoms with Gasteiger partial charge >= 0.3 is 0 Å². The van der Waals surface area contributed by atoms with Crippen LogP contribution in [0.1, 0.15) is 22.8 Å². The van der Waals surface area contributed by atoms with Gasteiger partial charge in [-0.1, -0.05) is 11.0 Å². The minimum Gasteiger partial charge on any atom is -0.395 e. The van der Waals surface area contributed by atoms with Crippen LogP contribution in [0.5, 0.6) is 0 Å². The summed E-state index contributed by atoms with van der Waals surface area (Å²) in [7, 11) is -4.04. The van der Waals surface area contributed by atoms with Crippen molar-refractivity contribution < 1.29 is 23.5 Å². The van der Waals surface area contributed by atoms with Gasteiger partial charge in [0.2, 0.25) is 0 Å². The molecule has 1 rings (SSSR count). The van der Waals surface area contributed by atoms with Crippen molar-refractivity contribution >= 4 is 15.9 Å². The molecule has 0 bridgehead atoms. The molecule has 3 N–H and O–H groups in total. The molecule has 0 aliphatic carbocycles. The maximum atomic E-state index is 12.2. The summed E-state index contributed by atoms with van der Waals surface area (Å²) in [6.07, 6.45) is 0. The first-order chi connectivity index (χ1) is 9.37. The average molecular weight is 302 g/mol. The molecule has 0 atom stereocenters. The van der Waals surface area contributed by atoms with Crippen molar-refractivity contribution in [3.63, 3.8) is 0 Å². The minimum atomic E-state index is -4.04. The Bertz CT molecular complexity index is 586. The molecule has 20 heavy (non-hydrogen) atoms. The lowest BCUT2D eigenvalue weighted by Crippen LogP contribution is -2.33. The predicted octanol–water partition coefficient (Wildman–Crippen LogP) is 0.117. The molecule has 1 aromatic rings. The average Bonchev–Trinajstić information content (AvgIpc) is 2.44. The van der Waals surface area contributed by atoms with Crippen LogP contribution < -0.4 is 4.89 Å². The van der Waals surface area contributed by atoms with E-state index in [2.05, 4.69) is 0 Å². The summed E-state index contributed by atoms with van der Waals surface area (Å²) in [5.74, 6) is -0.379. The van der Waals surface area contributed by atoms with Crippen molar-refractivity contribution in [3.8, 4) is 0 Å². The van der Waals surface area contributed by atoms with Gasteiger partial charge in [-0.05, 0) is 31.5 Å². The summed E-state index contributed by atoms with van der Waals surface area (Å²) in [5, 5.41) is 17.6. The highest BCUT2D eigenvalue weighted by molar-refractivity contribution is 7.89. The zero-order chi connectivity index (χ0) is 15.3. The number of nitrogens with zero attached hydrogens (tertiary/aromatic N) is 1. The first-order valence-corrected chi connectivity index (χ1v) is 7.52. The number of sulfonamides is 1. The second kappa shape index (κ2) is 6.80.